The van der Waals surface area contributed by atoms with Crippen molar-refractivity contribution in [3.8, 4) is 0 Å². The van der Waals surface area contributed by atoms with Crippen LogP contribution in [0.25, 0.3) is 0 Å². The van der Waals surface area contributed by atoms with E-state index in [4.69, 9.17) is 4.52 Å². The topological polar surface area (TPSA) is 62.5 Å². The molecule has 1 amide bonds. The van der Waals surface area contributed by atoms with E-state index in [1.165, 1.54) is 5.56 Å². The van der Waals surface area contributed by atoms with Gasteiger partial charge in [-0.15, -0.1) is 0 Å². The normalized spacial score (nSPS) is 19.8. The van der Waals surface area contributed by atoms with Crippen molar-refractivity contribution in [3.63, 3.8) is 0 Å². The lowest BCUT2D eigenvalue weighted by Crippen LogP contribution is -2.41. The summed E-state index contributed by atoms with van der Waals surface area (Å²) in [5, 5.41) is 4.13. The second kappa shape index (κ2) is 8.03. The average Bonchev–Trinajstić information content (AvgIpc) is 3.22. The fourth-order valence-corrected chi connectivity index (χ4v) is 4.44. The zero-order valence-corrected chi connectivity index (χ0v) is 16.9. The largest absolute Gasteiger partial charge is 0.339 e. The van der Waals surface area contributed by atoms with Gasteiger partial charge in [0, 0.05) is 25.9 Å². The molecule has 1 aromatic heterocycles. The molecule has 0 radical (unpaired) electrons. The summed E-state index contributed by atoms with van der Waals surface area (Å²) in [7, 11) is 0. The van der Waals surface area contributed by atoms with E-state index in [1.807, 2.05) is 23.1 Å². The van der Waals surface area contributed by atoms with Crippen LogP contribution in [0.5, 0.6) is 0 Å². The quantitative estimate of drug-likeness (QED) is 0.767. The highest BCUT2D eigenvalue weighted by Gasteiger charge is 2.44. The molecule has 0 saturated carbocycles. The number of benzene rings is 1. The van der Waals surface area contributed by atoms with E-state index in [1.54, 1.807) is 0 Å². The molecule has 2 aliphatic heterocycles. The van der Waals surface area contributed by atoms with Gasteiger partial charge in [0.15, 0.2) is 5.82 Å². The van der Waals surface area contributed by atoms with Gasteiger partial charge in [0.1, 0.15) is 0 Å². The van der Waals surface area contributed by atoms with Crippen LogP contribution in [0.15, 0.2) is 34.9 Å². The van der Waals surface area contributed by atoms with Gasteiger partial charge in [-0.1, -0.05) is 49.3 Å². The zero-order chi connectivity index (χ0) is 19.6. The number of amides is 1. The zero-order valence-electron chi connectivity index (χ0n) is 16.9. The van der Waals surface area contributed by atoms with E-state index in [0.717, 1.165) is 63.7 Å². The highest BCUT2D eigenvalue weighted by Crippen LogP contribution is 2.41. The molecule has 150 valence electrons. The van der Waals surface area contributed by atoms with Crippen molar-refractivity contribution in [1.29, 1.82) is 0 Å². The lowest BCUT2D eigenvalue weighted by atomic mass is 9.77. The maximum absolute atomic E-state index is 12.6. The summed E-state index contributed by atoms with van der Waals surface area (Å²) in [6.07, 6.45) is 3.63. The summed E-state index contributed by atoms with van der Waals surface area (Å²) in [4.78, 5) is 21.6. The Bertz CT molecular complexity index is 794. The molecule has 6 nitrogen and oxygen atoms in total. The summed E-state index contributed by atoms with van der Waals surface area (Å²) in [5.41, 5.74) is 1.35. The summed E-state index contributed by atoms with van der Waals surface area (Å²) >= 11 is 0. The highest BCUT2D eigenvalue weighted by molar-refractivity contribution is 5.79. The number of hydrogen-bond acceptors (Lipinski definition) is 5. The maximum Gasteiger partial charge on any atom is 0.226 e. The molecule has 0 atom stereocenters. The van der Waals surface area contributed by atoms with Crippen molar-refractivity contribution in [2.75, 3.05) is 19.6 Å². The van der Waals surface area contributed by atoms with E-state index in [9.17, 15) is 4.79 Å². The minimum Gasteiger partial charge on any atom is -0.339 e. The number of likely N-dealkylation sites (tertiary alicyclic amines) is 2. The summed E-state index contributed by atoms with van der Waals surface area (Å²) in [6, 6.07) is 10.3. The molecule has 0 aliphatic carbocycles. The molecule has 2 aromatic rings. The third-order valence-corrected chi connectivity index (χ3v) is 6.00. The number of rotatable bonds is 6. The molecule has 4 rings (SSSR count). The second-order valence-electron chi connectivity index (χ2n) is 8.89. The van der Waals surface area contributed by atoms with Crippen LogP contribution >= 0.6 is 0 Å². The molecular weight excluding hydrogens is 352 g/mol. The van der Waals surface area contributed by atoms with Gasteiger partial charge in [0.05, 0.1) is 6.54 Å². The third kappa shape index (κ3) is 4.43. The molecule has 0 bridgehead atoms. The van der Waals surface area contributed by atoms with Gasteiger partial charge in [0.25, 0.3) is 0 Å². The van der Waals surface area contributed by atoms with Gasteiger partial charge in [-0.3, -0.25) is 9.69 Å². The first-order valence-electron chi connectivity index (χ1n) is 10.4. The minimum absolute atomic E-state index is 0.141. The SMILES string of the molecule is CC(C)Cc1nc(CN2CCC3(CC2)CC(=O)N(Cc2ccccc2)C3)no1. The molecule has 3 heterocycles. The number of nitrogens with zero attached hydrogens (tertiary/aromatic N) is 4. The van der Waals surface area contributed by atoms with Crippen molar-refractivity contribution >= 4 is 5.91 Å². The van der Waals surface area contributed by atoms with E-state index in [-0.39, 0.29) is 5.41 Å². The Hall–Kier alpha value is -2.21. The van der Waals surface area contributed by atoms with Gasteiger partial charge in [-0.25, -0.2) is 0 Å². The van der Waals surface area contributed by atoms with Crippen LogP contribution in [0.2, 0.25) is 0 Å². The number of piperidine rings is 1. The van der Waals surface area contributed by atoms with Gasteiger partial charge in [-0.2, -0.15) is 4.98 Å². The lowest BCUT2D eigenvalue weighted by molar-refractivity contribution is -0.128. The average molecular weight is 383 g/mol. The van der Waals surface area contributed by atoms with Crippen LogP contribution < -0.4 is 0 Å². The molecule has 2 fully saturated rings. The van der Waals surface area contributed by atoms with Gasteiger partial charge in [0.2, 0.25) is 11.8 Å². The van der Waals surface area contributed by atoms with Crippen molar-refractivity contribution in [2.24, 2.45) is 11.3 Å². The van der Waals surface area contributed by atoms with Crippen molar-refractivity contribution in [1.82, 2.24) is 19.9 Å². The van der Waals surface area contributed by atoms with E-state index < -0.39 is 0 Å². The van der Waals surface area contributed by atoms with Crippen LogP contribution in [0, 0.1) is 11.3 Å². The predicted molar refractivity (Wildman–Crippen MR) is 106 cm³/mol. The fourth-order valence-electron chi connectivity index (χ4n) is 4.44. The van der Waals surface area contributed by atoms with Crippen LogP contribution in [0.3, 0.4) is 0 Å². The maximum atomic E-state index is 12.6. The van der Waals surface area contributed by atoms with Crippen LogP contribution in [0.1, 0.15) is 50.4 Å². The molecule has 2 saturated heterocycles. The van der Waals surface area contributed by atoms with E-state index in [2.05, 4.69) is 41.0 Å². The number of aromatic nitrogens is 2. The highest BCUT2D eigenvalue weighted by atomic mass is 16.5. The Labute approximate surface area is 166 Å². The van der Waals surface area contributed by atoms with Crippen molar-refractivity contribution < 1.29 is 9.32 Å². The number of carbonyl (C=O) groups is 1. The van der Waals surface area contributed by atoms with Crippen LogP contribution in [0.4, 0.5) is 0 Å². The van der Waals surface area contributed by atoms with Crippen LogP contribution in [-0.4, -0.2) is 45.5 Å². The number of hydrogen-bond donors (Lipinski definition) is 0. The lowest BCUT2D eigenvalue weighted by Gasteiger charge is -2.38. The smallest absolute Gasteiger partial charge is 0.226 e. The molecular formula is C22H30N4O2. The Morgan fingerprint density at radius 1 is 1.14 bits per heavy atom. The summed E-state index contributed by atoms with van der Waals surface area (Å²) < 4.78 is 5.36. The molecule has 2 aliphatic rings. The second-order valence-corrected chi connectivity index (χ2v) is 8.89. The first kappa shape index (κ1) is 19.1. The Balaban J connectivity index is 1.30. The standard InChI is InChI=1S/C22H30N4O2/c1-17(2)12-20-23-19(24-28-20)15-25-10-8-22(9-11-25)13-21(27)26(16-22)14-18-6-4-3-5-7-18/h3-7,17H,8-16H2,1-2H3. The Kier molecular flexibility index (Phi) is 5.49. The predicted octanol–water partition coefficient (Wildman–Crippen LogP) is 3.28. The van der Waals surface area contributed by atoms with E-state index >= 15 is 0 Å². The molecule has 0 unspecified atom stereocenters. The fraction of sp³-hybridized carbons (Fsp3) is 0.591. The molecule has 0 N–H and O–H groups in total. The summed E-state index contributed by atoms with van der Waals surface area (Å²) in [6.45, 7) is 8.62. The van der Waals surface area contributed by atoms with E-state index in [0.29, 0.717) is 18.2 Å². The first-order chi connectivity index (χ1) is 13.5. The molecule has 6 heteroatoms. The number of carbonyl (C=O) groups excluding carboxylic acids is 1. The third-order valence-electron chi connectivity index (χ3n) is 6.00. The van der Waals surface area contributed by atoms with Crippen molar-refractivity contribution in [3.05, 3.63) is 47.6 Å². The molecule has 1 aromatic carbocycles. The van der Waals surface area contributed by atoms with Gasteiger partial charge in [-0.05, 0) is 42.8 Å². The monoisotopic (exact) mass is 382 g/mol. The first-order valence-corrected chi connectivity index (χ1v) is 10.4. The van der Waals surface area contributed by atoms with Crippen LogP contribution in [-0.2, 0) is 24.3 Å². The Morgan fingerprint density at radius 3 is 2.61 bits per heavy atom. The van der Waals surface area contributed by atoms with Gasteiger partial charge < -0.3 is 9.42 Å². The minimum atomic E-state index is 0.141. The molecule has 28 heavy (non-hydrogen) atoms. The summed E-state index contributed by atoms with van der Waals surface area (Å²) in [5.74, 6) is 2.33. The Morgan fingerprint density at radius 2 is 1.89 bits per heavy atom. The van der Waals surface area contributed by atoms with Gasteiger partial charge >= 0.3 is 0 Å². The molecule has 1 spiro atoms. The van der Waals surface area contributed by atoms with Crippen molar-refractivity contribution in [2.45, 2.75) is 52.6 Å².